The lowest BCUT2D eigenvalue weighted by Gasteiger charge is -2.08. The van der Waals surface area contributed by atoms with Gasteiger partial charge in [-0.05, 0) is 29.8 Å². The molecule has 1 amide bonds. The van der Waals surface area contributed by atoms with Crippen molar-refractivity contribution in [2.75, 3.05) is 14.2 Å². The summed E-state index contributed by atoms with van der Waals surface area (Å²) in [6.45, 7) is 0.369. The molecular formula is C16H17NO4. The quantitative estimate of drug-likeness (QED) is 0.885. The highest BCUT2D eigenvalue weighted by molar-refractivity contribution is 5.96. The van der Waals surface area contributed by atoms with E-state index in [0.717, 1.165) is 11.3 Å². The Morgan fingerprint density at radius 2 is 1.67 bits per heavy atom. The summed E-state index contributed by atoms with van der Waals surface area (Å²) in [5.41, 5.74) is 1.15. The Morgan fingerprint density at radius 1 is 1.05 bits per heavy atom. The molecule has 0 aliphatic heterocycles. The zero-order valence-corrected chi connectivity index (χ0v) is 11.9. The average Bonchev–Trinajstić information content (AvgIpc) is 2.52. The Labute approximate surface area is 123 Å². The molecule has 0 aliphatic carbocycles. The van der Waals surface area contributed by atoms with Gasteiger partial charge in [-0.2, -0.15) is 0 Å². The van der Waals surface area contributed by atoms with E-state index in [9.17, 15) is 9.90 Å². The number of benzene rings is 2. The van der Waals surface area contributed by atoms with Gasteiger partial charge in [0.25, 0.3) is 5.91 Å². The van der Waals surface area contributed by atoms with Crippen LogP contribution in [-0.4, -0.2) is 25.2 Å². The lowest BCUT2D eigenvalue weighted by molar-refractivity contribution is 0.0948. The molecule has 0 saturated carbocycles. The minimum atomic E-state index is -0.342. The van der Waals surface area contributed by atoms with Crippen molar-refractivity contribution in [3.63, 3.8) is 0 Å². The van der Waals surface area contributed by atoms with Crippen LogP contribution in [0.25, 0.3) is 0 Å². The molecule has 21 heavy (non-hydrogen) atoms. The molecule has 0 heterocycles. The van der Waals surface area contributed by atoms with Crippen molar-refractivity contribution in [1.82, 2.24) is 5.32 Å². The molecule has 5 nitrogen and oxygen atoms in total. The van der Waals surface area contributed by atoms with E-state index >= 15 is 0 Å². The van der Waals surface area contributed by atoms with Crippen LogP contribution in [-0.2, 0) is 6.54 Å². The minimum Gasteiger partial charge on any atom is -0.507 e. The Hall–Kier alpha value is -2.69. The molecule has 0 aliphatic rings. The van der Waals surface area contributed by atoms with E-state index < -0.39 is 0 Å². The van der Waals surface area contributed by atoms with Gasteiger partial charge in [0.15, 0.2) is 0 Å². The molecule has 5 heteroatoms. The molecular weight excluding hydrogens is 270 g/mol. The minimum absolute atomic E-state index is 0.110. The number of nitrogens with one attached hydrogen (secondary N) is 1. The molecule has 0 unspecified atom stereocenters. The molecule has 0 radical (unpaired) electrons. The third-order valence-corrected chi connectivity index (χ3v) is 3.06. The van der Waals surface area contributed by atoms with Gasteiger partial charge in [0.2, 0.25) is 0 Å². The van der Waals surface area contributed by atoms with Crippen LogP contribution >= 0.6 is 0 Å². The third kappa shape index (κ3) is 3.66. The summed E-state index contributed by atoms with van der Waals surface area (Å²) in [4.78, 5) is 12.0. The Morgan fingerprint density at radius 3 is 2.24 bits per heavy atom. The Kier molecular flexibility index (Phi) is 4.66. The topological polar surface area (TPSA) is 67.8 Å². The molecule has 2 N–H and O–H groups in total. The van der Waals surface area contributed by atoms with Gasteiger partial charge in [-0.15, -0.1) is 0 Å². The number of carbonyl (C=O) groups excluding carboxylic acids is 1. The van der Waals surface area contributed by atoms with Gasteiger partial charge in [-0.1, -0.05) is 12.1 Å². The summed E-state index contributed by atoms with van der Waals surface area (Å²) in [6.07, 6.45) is 0. The van der Waals surface area contributed by atoms with Gasteiger partial charge in [0.05, 0.1) is 19.8 Å². The zero-order chi connectivity index (χ0) is 15.2. The first kappa shape index (κ1) is 14.7. The molecule has 0 saturated heterocycles. The number of aromatic hydroxyl groups is 1. The first-order valence-electron chi connectivity index (χ1n) is 6.42. The first-order chi connectivity index (χ1) is 10.1. The lowest BCUT2D eigenvalue weighted by Crippen LogP contribution is -2.22. The van der Waals surface area contributed by atoms with E-state index in [1.54, 1.807) is 13.2 Å². The smallest absolute Gasteiger partial charge is 0.255 e. The average molecular weight is 287 g/mol. The highest BCUT2D eigenvalue weighted by Crippen LogP contribution is 2.23. The number of methoxy groups -OCH3 is 2. The van der Waals surface area contributed by atoms with Crippen LogP contribution in [0, 0.1) is 0 Å². The second-order valence-electron chi connectivity index (χ2n) is 4.41. The van der Waals surface area contributed by atoms with Gasteiger partial charge in [-0.3, -0.25) is 4.79 Å². The van der Waals surface area contributed by atoms with Crippen LogP contribution in [0.3, 0.4) is 0 Å². The highest BCUT2D eigenvalue weighted by atomic mass is 16.5. The molecule has 0 spiro atoms. The zero-order valence-electron chi connectivity index (χ0n) is 11.9. The second kappa shape index (κ2) is 6.65. The first-order valence-corrected chi connectivity index (χ1v) is 6.42. The van der Waals surface area contributed by atoms with Crippen LogP contribution in [0.15, 0.2) is 42.5 Å². The highest BCUT2D eigenvalue weighted by Gasteiger charge is 2.11. The number of phenols is 1. The van der Waals surface area contributed by atoms with E-state index in [-0.39, 0.29) is 17.2 Å². The number of hydrogen-bond acceptors (Lipinski definition) is 4. The standard InChI is InChI=1S/C16H17NO4/c1-20-12-5-3-11(4-6-12)10-17-16(19)14-8-7-13(21-2)9-15(14)18/h3-9,18H,10H2,1-2H3,(H,17,19). The van der Waals surface area contributed by atoms with Crippen LogP contribution in [0.2, 0.25) is 0 Å². The van der Waals surface area contributed by atoms with Crippen molar-refractivity contribution in [2.24, 2.45) is 0 Å². The predicted octanol–water partition coefficient (Wildman–Crippen LogP) is 2.34. The van der Waals surface area contributed by atoms with Crippen LogP contribution in [0.1, 0.15) is 15.9 Å². The predicted molar refractivity (Wildman–Crippen MR) is 78.8 cm³/mol. The monoisotopic (exact) mass is 287 g/mol. The fraction of sp³-hybridized carbons (Fsp3) is 0.188. The summed E-state index contributed by atoms with van der Waals surface area (Å²) >= 11 is 0. The number of amides is 1. The van der Waals surface area contributed by atoms with E-state index in [2.05, 4.69) is 5.32 Å². The van der Waals surface area contributed by atoms with Gasteiger partial charge >= 0.3 is 0 Å². The van der Waals surface area contributed by atoms with Crippen molar-refractivity contribution in [3.8, 4) is 17.2 Å². The number of ether oxygens (including phenoxy) is 2. The fourth-order valence-electron chi connectivity index (χ4n) is 1.85. The molecule has 2 aromatic carbocycles. The molecule has 0 fully saturated rings. The van der Waals surface area contributed by atoms with Crippen molar-refractivity contribution in [1.29, 1.82) is 0 Å². The number of carbonyl (C=O) groups is 1. The van der Waals surface area contributed by atoms with Gasteiger partial charge in [-0.25, -0.2) is 0 Å². The van der Waals surface area contributed by atoms with Crippen molar-refractivity contribution in [2.45, 2.75) is 6.54 Å². The van der Waals surface area contributed by atoms with Gasteiger partial charge in [0.1, 0.15) is 17.2 Å². The molecule has 0 aromatic heterocycles. The Balaban J connectivity index is 2.00. The van der Waals surface area contributed by atoms with Crippen LogP contribution < -0.4 is 14.8 Å². The maximum Gasteiger partial charge on any atom is 0.255 e. The van der Waals surface area contributed by atoms with E-state index in [4.69, 9.17) is 9.47 Å². The molecule has 0 atom stereocenters. The summed E-state index contributed by atoms with van der Waals surface area (Å²) in [5, 5.41) is 12.6. The van der Waals surface area contributed by atoms with Crippen LogP contribution in [0.5, 0.6) is 17.2 Å². The largest absolute Gasteiger partial charge is 0.507 e. The normalized spacial score (nSPS) is 10.0. The van der Waals surface area contributed by atoms with Crippen molar-refractivity contribution < 1.29 is 19.4 Å². The second-order valence-corrected chi connectivity index (χ2v) is 4.41. The Bertz CT molecular complexity index is 623. The molecule has 2 rings (SSSR count). The van der Waals surface area contributed by atoms with Gasteiger partial charge < -0.3 is 19.9 Å². The molecule has 0 bridgehead atoms. The molecule has 110 valence electrons. The SMILES string of the molecule is COc1ccc(CNC(=O)c2ccc(OC)cc2O)cc1. The summed E-state index contributed by atoms with van der Waals surface area (Å²) in [5.74, 6) is 0.810. The maximum atomic E-state index is 12.0. The number of phenolic OH excluding ortho intramolecular Hbond substituents is 1. The maximum absolute atomic E-state index is 12.0. The van der Waals surface area contributed by atoms with E-state index in [0.29, 0.717) is 12.3 Å². The number of rotatable bonds is 5. The third-order valence-electron chi connectivity index (χ3n) is 3.06. The lowest BCUT2D eigenvalue weighted by atomic mass is 10.1. The van der Waals surface area contributed by atoms with E-state index in [1.807, 2.05) is 24.3 Å². The van der Waals surface area contributed by atoms with Crippen molar-refractivity contribution >= 4 is 5.91 Å². The van der Waals surface area contributed by atoms with Crippen LogP contribution in [0.4, 0.5) is 0 Å². The summed E-state index contributed by atoms with van der Waals surface area (Å²) < 4.78 is 10.0. The van der Waals surface area contributed by atoms with Gasteiger partial charge in [0, 0.05) is 12.6 Å². The van der Waals surface area contributed by atoms with E-state index in [1.165, 1.54) is 19.2 Å². The van der Waals surface area contributed by atoms with Crippen molar-refractivity contribution in [3.05, 3.63) is 53.6 Å². The number of hydrogen-bond donors (Lipinski definition) is 2. The molecule has 2 aromatic rings. The fourth-order valence-corrected chi connectivity index (χ4v) is 1.85. The summed E-state index contributed by atoms with van der Waals surface area (Å²) in [6, 6.07) is 11.9. The summed E-state index contributed by atoms with van der Waals surface area (Å²) in [7, 11) is 3.10.